The van der Waals surface area contributed by atoms with Crippen molar-refractivity contribution in [1.29, 1.82) is 0 Å². The van der Waals surface area contributed by atoms with E-state index in [1.807, 2.05) is 6.92 Å². The highest BCUT2D eigenvalue weighted by molar-refractivity contribution is 5.96. The molecule has 0 saturated heterocycles. The first-order valence-corrected chi connectivity index (χ1v) is 6.63. The van der Waals surface area contributed by atoms with E-state index in [0.717, 1.165) is 24.3 Å². The Labute approximate surface area is 126 Å². The van der Waals surface area contributed by atoms with Crippen LogP contribution in [0.2, 0.25) is 0 Å². The van der Waals surface area contributed by atoms with Gasteiger partial charge < -0.3 is 16.0 Å². The van der Waals surface area contributed by atoms with Crippen LogP contribution in [0.1, 0.15) is 22.8 Å². The summed E-state index contributed by atoms with van der Waals surface area (Å²) in [6.45, 7) is 2.04. The number of hydrogen-bond acceptors (Lipinski definition) is 3. The van der Waals surface area contributed by atoms with Gasteiger partial charge in [0.15, 0.2) is 0 Å². The third kappa shape index (κ3) is 5.72. The Balaban J connectivity index is 2.47. The topological polar surface area (TPSA) is 70.2 Å². The molecule has 1 rings (SSSR count). The van der Waals surface area contributed by atoms with Gasteiger partial charge in [0.05, 0.1) is 12.1 Å². The van der Waals surface area contributed by atoms with Crippen LogP contribution in [-0.4, -0.2) is 38.0 Å². The number of carbonyl (C=O) groups is 2. The fraction of sp³-hybridized carbons (Fsp3) is 0.429. The molecule has 0 aliphatic carbocycles. The summed E-state index contributed by atoms with van der Waals surface area (Å²) in [6, 6.07) is 3.88. The quantitative estimate of drug-likeness (QED) is 0.737. The Bertz CT molecular complexity index is 515. The standard InChI is InChI=1S/C14H18F3N3O2/c1-9(18-2)7-19-12(21)8-20-13(22)10-3-5-11(6-4-10)14(15,16)17/h3-6,9,18H,7-8H2,1-2H3,(H,19,21)(H,20,22). The van der Waals surface area contributed by atoms with E-state index >= 15 is 0 Å². The molecule has 0 aliphatic rings. The zero-order chi connectivity index (χ0) is 16.8. The number of alkyl halides is 3. The molecule has 3 N–H and O–H groups in total. The van der Waals surface area contributed by atoms with Gasteiger partial charge in [0, 0.05) is 18.2 Å². The van der Waals surface area contributed by atoms with Crippen molar-refractivity contribution in [2.45, 2.75) is 19.1 Å². The molecule has 8 heteroatoms. The van der Waals surface area contributed by atoms with Crippen LogP contribution >= 0.6 is 0 Å². The van der Waals surface area contributed by atoms with Crippen LogP contribution in [0.4, 0.5) is 13.2 Å². The molecule has 1 unspecified atom stereocenters. The van der Waals surface area contributed by atoms with Crippen molar-refractivity contribution in [3.8, 4) is 0 Å². The van der Waals surface area contributed by atoms with Crippen LogP contribution in [-0.2, 0) is 11.0 Å². The molecule has 22 heavy (non-hydrogen) atoms. The average Bonchev–Trinajstić information content (AvgIpc) is 2.49. The van der Waals surface area contributed by atoms with Crippen LogP contribution in [0, 0.1) is 0 Å². The van der Waals surface area contributed by atoms with Gasteiger partial charge in [0.1, 0.15) is 0 Å². The molecule has 0 bridgehead atoms. The van der Waals surface area contributed by atoms with Crippen LogP contribution in [0.5, 0.6) is 0 Å². The number of halogens is 3. The van der Waals surface area contributed by atoms with Gasteiger partial charge in [-0.05, 0) is 38.2 Å². The molecule has 0 aromatic heterocycles. The number of likely N-dealkylation sites (N-methyl/N-ethyl adjacent to an activating group) is 1. The SMILES string of the molecule is CNC(C)CNC(=O)CNC(=O)c1ccc(C(F)(F)F)cc1. The normalized spacial score (nSPS) is 12.6. The molecular weight excluding hydrogens is 299 g/mol. The molecule has 0 radical (unpaired) electrons. The lowest BCUT2D eigenvalue weighted by molar-refractivity contribution is -0.137. The number of amides is 2. The lowest BCUT2D eigenvalue weighted by Crippen LogP contribution is -2.42. The molecule has 0 spiro atoms. The number of benzene rings is 1. The second kappa shape index (κ2) is 7.79. The van der Waals surface area contributed by atoms with E-state index in [4.69, 9.17) is 0 Å². The van der Waals surface area contributed by atoms with Crippen molar-refractivity contribution in [3.63, 3.8) is 0 Å². The zero-order valence-electron chi connectivity index (χ0n) is 12.3. The maximum Gasteiger partial charge on any atom is 0.416 e. The van der Waals surface area contributed by atoms with Gasteiger partial charge in [0.2, 0.25) is 5.91 Å². The molecule has 1 aromatic carbocycles. The summed E-state index contributed by atoms with van der Waals surface area (Å²) in [7, 11) is 1.75. The fourth-order valence-corrected chi connectivity index (χ4v) is 1.50. The fourth-order valence-electron chi connectivity index (χ4n) is 1.50. The van der Waals surface area contributed by atoms with Gasteiger partial charge in [-0.15, -0.1) is 0 Å². The second-order valence-electron chi connectivity index (χ2n) is 4.75. The molecule has 0 aliphatic heterocycles. The first-order chi connectivity index (χ1) is 10.2. The number of carbonyl (C=O) groups excluding carboxylic acids is 2. The van der Waals surface area contributed by atoms with E-state index in [1.54, 1.807) is 7.05 Å². The number of hydrogen-bond donors (Lipinski definition) is 3. The average molecular weight is 317 g/mol. The van der Waals surface area contributed by atoms with Gasteiger partial charge >= 0.3 is 6.18 Å². The van der Waals surface area contributed by atoms with E-state index in [9.17, 15) is 22.8 Å². The Kier molecular flexibility index (Phi) is 6.36. The highest BCUT2D eigenvalue weighted by Gasteiger charge is 2.30. The van der Waals surface area contributed by atoms with Crippen LogP contribution in [0.15, 0.2) is 24.3 Å². The summed E-state index contributed by atoms with van der Waals surface area (Å²) in [4.78, 5) is 23.2. The minimum atomic E-state index is -4.45. The Hall–Kier alpha value is -2.09. The third-order valence-corrected chi connectivity index (χ3v) is 2.98. The van der Waals surface area contributed by atoms with Gasteiger partial charge in [-0.3, -0.25) is 9.59 Å². The minimum Gasteiger partial charge on any atom is -0.353 e. The van der Waals surface area contributed by atoms with Crippen LogP contribution in [0.3, 0.4) is 0 Å². The molecule has 0 fully saturated rings. The van der Waals surface area contributed by atoms with Crippen molar-refractivity contribution in [1.82, 2.24) is 16.0 Å². The van der Waals surface area contributed by atoms with Crippen molar-refractivity contribution < 1.29 is 22.8 Å². The van der Waals surface area contributed by atoms with Crippen molar-refractivity contribution in [2.75, 3.05) is 20.1 Å². The Morgan fingerprint density at radius 3 is 2.23 bits per heavy atom. The summed E-state index contributed by atoms with van der Waals surface area (Å²) in [6.07, 6.45) is -4.45. The summed E-state index contributed by atoms with van der Waals surface area (Å²) in [5.41, 5.74) is -0.771. The minimum absolute atomic E-state index is 0.0596. The molecule has 5 nitrogen and oxygen atoms in total. The number of rotatable bonds is 6. The maximum atomic E-state index is 12.4. The molecule has 2 amide bonds. The van der Waals surface area contributed by atoms with E-state index < -0.39 is 17.6 Å². The predicted octanol–water partition coefficient (Wildman–Crippen LogP) is 1.16. The molecule has 0 saturated carbocycles. The largest absolute Gasteiger partial charge is 0.416 e. The summed E-state index contributed by atoms with van der Waals surface area (Å²) in [5, 5.41) is 7.88. The first kappa shape index (κ1) is 18.0. The van der Waals surface area contributed by atoms with Gasteiger partial charge in [0.25, 0.3) is 5.91 Å². The maximum absolute atomic E-state index is 12.4. The highest BCUT2D eigenvalue weighted by atomic mass is 19.4. The molecule has 122 valence electrons. The Morgan fingerprint density at radius 1 is 1.14 bits per heavy atom. The molecule has 1 aromatic rings. The van der Waals surface area contributed by atoms with E-state index in [-0.39, 0.29) is 24.1 Å². The zero-order valence-corrected chi connectivity index (χ0v) is 12.3. The molecule has 0 heterocycles. The van der Waals surface area contributed by atoms with Gasteiger partial charge in [-0.1, -0.05) is 0 Å². The predicted molar refractivity (Wildman–Crippen MR) is 75.3 cm³/mol. The second-order valence-corrected chi connectivity index (χ2v) is 4.75. The number of nitrogens with one attached hydrogen (secondary N) is 3. The van der Waals surface area contributed by atoms with Gasteiger partial charge in [-0.25, -0.2) is 0 Å². The van der Waals surface area contributed by atoms with E-state index in [0.29, 0.717) is 6.54 Å². The summed E-state index contributed by atoms with van der Waals surface area (Å²) in [5.74, 6) is -0.979. The van der Waals surface area contributed by atoms with E-state index in [2.05, 4.69) is 16.0 Å². The Morgan fingerprint density at radius 2 is 1.73 bits per heavy atom. The van der Waals surface area contributed by atoms with Crippen molar-refractivity contribution >= 4 is 11.8 Å². The molecule has 1 atom stereocenters. The monoisotopic (exact) mass is 317 g/mol. The van der Waals surface area contributed by atoms with Crippen LogP contribution in [0.25, 0.3) is 0 Å². The van der Waals surface area contributed by atoms with Crippen molar-refractivity contribution in [2.24, 2.45) is 0 Å². The molecular formula is C14H18F3N3O2. The van der Waals surface area contributed by atoms with Gasteiger partial charge in [-0.2, -0.15) is 13.2 Å². The summed E-state index contributed by atoms with van der Waals surface area (Å²) < 4.78 is 37.2. The smallest absolute Gasteiger partial charge is 0.353 e. The first-order valence-electron chi connectivity index (χ1n) is 6.63. The summed E-state index contributed by atoms with van der Waals surface area (Å²) >= 11 is 0. The lowest BCUT2D eigenvalue weighted by Gasteiger charge is -2.12. The van der Waals surface area contributed by atoms with Crippen molar-refractivity contribution in [3.05, 3.63) is 35.4 Å². The highest BCUT2D eigenvalue weighted by Crippen LogP contribution is 2.28. The van der Waals surface area contributed by atoms with E-state index in [1.165, 1.54) is 0 Å². The third-order valence-electron chi connectivity index (χ3n) is 2.98. The van der Waals surface area contributed by atoms with Crippen LogP contribution < -0.4 is 16.0 Å². The lowest BCUT2D eigenvalue weighted by atomic mass is 10.1.